The van der Waals surface area contributed by atoms with Crippen molar-refractivity contribution >= 4 is 5.91 Å². The average molecular weight is 318 g/mol. The Morgan fingerprint density at radius 2 is 2.00 bits per heavy atom. The maximum absolute atomic E-state index is 13.9. The van der Waals surface area contributed by atoms with Crippen molar-refractivity contribution in [1.82, 2.24) is 10.2 Å². The summed E-state index contributed by atoms with van der Waals surface area (Å²) < 4.78 is 13.9. The molecule has 1 saturated carbocycles. The molecule has 0 radical (unpaired) electrons. The van der Waals surface area contributed by atoms with Gasteiger partial charge in [-0.15, -0.1) is 0 Å². The van der Waals surface area contributed by atoms with Gasteiger partial charge in [0.1, 0.15) is 5.82 Å². The largest absolute Gasteiger partial charge is 0.339 e. The third kappa shape index (κ3) is 3.74. The molecule has 1 heterocycles. The Morgan fingerprint density at radius 1 is 1.30 bits per heavy atom. The zero-order valence-corrected chi connectivity index (χ0v) is 13.9. The molecule has 3 nitrogen and oxygen atoms in total. The first kappa shape index (κ1) is 16.4. The fourth-order valence-corrected chi connectivity index (χ4v) is 3.76. The number of benzene rings is 1. The summed E-state index contributed by atoms with van der Waals surface area (Å²) in [6, 6.07) is 7.25. The highest BCUT2D eigenvalue weighted by atomic mass is 19.1. The zero-order chi connectivity index (χ0) is 16.2. The van der Waals surface area contributed by atoms with Gasteiger partial charge in [-0.3, -0.25) is 4.79 Å². The van der Waals surface area contributed by atoms with E-state index in [0.29, 0.717) is 30.5 Å². The molecule has 2 fully saturated rings. The van der Waals surface area contributed by atoms with Gasteiger partial charge in [0.25, 0.3) is 0 Å². The molecule has 1 aliphatic carbocycles. The Kier molecular flexibility index (Phi) is 5.31. The van der Waals surface area contributed by atoms with Gasteiger partial charge in [-0.2, -0.15) is 0 Å². The minimum atomic E-state index is -0.164. The smallest absolute Gasteiger partial charge is 0.226 e. The number of nitrogens with one attached hydrogen (secondary N) is 1. The molecule has 3 rings (SSSR count). The summed E-state index contributed by atoms with van der Waals surface area (Å²) >= 11 is 0. The van der Waals surface area contributed by atoms with Crippen LogP contribution in [0, 0.1) is 17.7 Å². The van der Waals surface area contributed by atoms with E-state index in [-0.39, 0.29) is 17.6 Å². The predicted molar refractivity (Wildman–Crippen MR) is 89.6 cm³/mol. The Bertz CT molecular complexity index is 538. The van der Waals surface area contributed by atoms with Gasteiger partial charge in [-0.05, 0) is 49.9 Å². The van der Waals surface area contributed by atoms with E-state index in [2.05, 4.69) is 17.1 Å². The number of amides is 1. The van der Waals surface area contributed by atoms with E-state index in [1.165, 1.54) is 18.9 Å². The average Bonchev–Trinajstić information content (AvgIpc) is 3.01. The monoisotopic (exact) mass is 318 g/mol. The van der Waals surface area contributed by atoms with Crippen molar-refractivity contribution in [3.05, 3.63) is 35.6 Å². The molecule has 1 aromatic rings. The van der Waals surface area contributed by atoms with Crippen molar-refractivity contribution in [2.75, 3.05) is 19.6 Å². The van der Waals surface area contributed by atoms with E-state index >= 15 is 0 Å². The van der Waals surface area contributed by atoms with Gasteiger partial charge in [-0.1, -0.05) is 38.0 Å². The summed E-state index contributed by atoms with van der Waals surface area (Å²) in [6.45, 7) is 4.57. The first-order chi connectivity index (χ1) is 11.2. The van der Waals surface area contributed by atoms with E-state index < -0.39 is 0 Å². The molecular formula is C19H27FN2O. The number of halogens is 1. The molecule has 23 heavy (non-hydrogen) atoms. The highest BCUT2D eigenvalue weighted by Gasteiger charge is 2.35. The third-order valence-corrected chi connectivity index (χ3v) is 5.54. The van der Waals surface area contributed by atoms with Crippen LogP contribution in [0.15, 0.2) is 24.3 Å². The molecule has 1 atom stereocenters. The number of rotatable bonds is 6. The van der Waals surface area contributed by atoms with E-state index in [1.807, 2.05) is 12.1 Å². The van der Waals surface area contributed by atoms with Gasteiger partial charge in [-0.25, -0.2) is 4.39 Å². The van der Waals surface area contributed by atoms with E-state index in [0.717, 1.165) is 25.9 Å². The van der Waals surface area contributed by atoms with Crippen LogP contribution in [0.25, 0.3) is 0 Å². The molecule has 1 unspecified atom stereocenters. The first-order valence-electron chi connectivity index (χ1n) is 8.91. The van der Waals surface area contributed by atoms with Gasteiger partial charge in [0.2, 0.25) is 5.91 Å². The van der Waals surface area contributed by atoms with Crippen LogP contribution < -0.4 is 5.32 Å². The lowest BCUT2D eigenvalue weighted by molar-refractivity contribution is -0.139. The van der Waals surface area contributed by atoms with Crippen molar-refractivity contribution in [2.45, 2.75) is 45.1 Å². The van der Waals surface area contributed by atoms with Crippen molar-refractivity contribution < 1.29 is 9.18 Å². The molecule has 1 saturated heterocycles. The van der Waals surface area contributed by atoms with Gasteiger partial charge in [0, 0.05) is 18.5 Å². The molecule has 2 aliphatic rings. The molecule has 1 N–H and O–H groups in total. The van der Waals surface area contributed by atoms with Crippen LogP contribution in [0.1, 0.15) is 38.2 Å². The second-order valence-corrected chi connectivity index (χ2v) is 7.02. The molecule has 1 aromatic carbocycles. The van der Waals surface area contributed by atoms with Gasteiger partial charge < -0.3 is 10.2 Å². The Hall–Kier alpha value is -1.42. The lowest BCUT2D eigenvalue weighted by Crippen LogP contribution is -2.52. The van der Waals surface area contributed by atoms with Crippen LogP contribution in [-0.4, -0.2) is 36.5 Å². The fraction of sp³-hybridized carbons (Fsp3) is 0.632. The van der Waals surface area contributed by atoms with Crippen LogP contribution in [-0.2, 0) is 11.2 Å². The first-order valence-corrected chi connectivity index (χ1v) is 8.91. The minimum absolute atomic E-state index is 0.0671. The maximum Gasteiger partial charge on any atom is 0.226 e. The Morgan fingerprint density at radius 3 is 2.61 bits per heavy atom. The summed E-state index contributed by atoms with van der Waals surface area (Å²) in [4.78, 5) is 15.0. The van der Waals surface area contributed by atoms with Gasteiger partial charge in [0.05, 0.1) is 0 Å². The molecule has 0 spiro atoms. The molecule has 4 heteroatoms. The number of nitrogens with zero attached hydrogens (tertiary/aromatic N) is 1. The van der Waals surface area contributed by atoms with Gasteiger partial charge in [0.15, 0.2) is 0 Å². The standard InChI is InChI=1S/C19H27FN2O/c1-14(16-12-21-13-16)19(23)22(17-7-3-4-8-17)11-10-15-6-2-5-9-18(15)20/h2,5-6,9,14,16-17,21H,3-4,7-8,10-13H2,1H3. The number of carbonyl (C=O) groups excluding carboxylic acids is 1. The van der Waals surface area contributed by atoms with E-state index in [4.69, 9.17) is 0 Å². The molecular weight excluding hydrogens is 291 g/mol. The lowest BCUT2D eigenvalue weighted by atomic mass is 9.87. The van der Waals surface area contributed by atoms with Crippen LogP contribution >= 0.6 is 0 Å². The minimum Gasteiger partial charge on any atom is -0.339 e. The predicted octanol–water partition coefficient (Wildman–Crippen LogP) is 2.99. The summed E-state index contributed by atoms with van der Waals surface area (Å²) in [6.07, 6.45) is 5.20. The number of carbonyl (C=O) groups is 1. The maximum atomic E-state index is 13.9. The summed E-state index contributed by atoms with van der Waals surface area (Å²) in [5.41, 5.74) is 0.710. The molecule has 1 aliphatic heterocycles. The molecule has 1 amide bonds. The number of hydrogen-bond donors (Lipinski definition) is 1. The van der Waals surface area contributed by atoms with Crippen LogP contribution in [0.2, 0.25) is 0 Å². The van der Waals surface area contributed by atoms with E-state index in [9.17, 15) is 9.18 Å². The normalized spacial score (nSPS) is 20.3. The second kappa shape index (κ2) is 7.43. The van der Waals surface area contributed by atoms with E-state index in [1.54, 1.807) is 6.07 Å². The summed E-state index contributed by atoms with van der Waals surface area (Å²) in [5, 5.41) is 3.25. The highest BCUT2D eigenvalue weighted by molar-refractivity contribution is 5.79. The SMILES string of the molecule is CC(C(=O)N(CCc1ccccc1F)C1CCCC1)C1CNC1. The second-order valence-electron chi connectivity index (χ2n) is 7.02. The summed E-state index contributed by atoms with van der Waals surface area (Å²) in [5.74, 6) is 0.625. The topological polar surface area (TPSA) is 32.3 Å². The highest BCUT2D eigenvalue weighted by Crippen LogP contribution is 2.27. The fourth-order valence-electron chi connectivity index (χ4n) is 3.76. The Labute approximate surface area is 138 Å². The van der Waals surface area contributed by atoms with Crippen molar-refractivity contribution in [2.24, 2.45) is 11.8 Å². The van der Waals surface area contributed by atoms with Crippen molar-refractivity contribution in [1.29, 1.82) is 0 Å². The Balaban J connectivity index is 1.67. The zero-order valence-electron chi connectivity index (χ0n) is 13.9. The number of hydrogen-bond acceptors (Lipinski definition) is 2. The third-order valence-electron chi connectivity index (χ3n) is 5.54. The van der Waals surface area contributed by atoms with Crippen LogP contribution in [0.4, 0.5) is 4.39 Å². The molecule has 0 bridgehead atoms. The van der Waals surface area contributed by atoms with Gasteiger partial charge >= 0.3 is 0 Å². The quantitative estimate of drug-likeness (QED) is 0.874. The summed E-state index contributed by atoms with van der Waals surface area (Å²) in [7, 11) is 0. The molecule has 0 aromatic heterocycles. The van der Waals surface area contributed by atoms with Crippen LogP contribution in [0.5, 0.6) is 0 Å². The lowest BCUT2D eigenvalue weighted by Gasteiger charge is -2.37. The van der Waals surface area contributed by atoms with Crippen molar-refractivity contribution in [3.63, 3.8) is 0 Å². The van der Waals surface area contributed by atoms with Crippen LogP contribution in [0.3, 0.4) is 0 Å². The molecule has 126 valence electrons. The van der Waals surface area contributed by atoms with Crippen molar-refractivity contribution in [3.8, 4) is 0 Å².